The number of esters is 2. The Hall–Kier alpha value is -1.85. The molecule has 11 heteroatoms. The molecular weight excluding hydrogens is 440 g/mol. The van der Waals surface area contributed by atoms with Gasteiger partial charge in [-0.15, -0.1) is 0 Å². The van der Waals surface area contributed by atoms with Gasteiger partial charge in [0.25, 0.3) is 0 Å². The van der Waals surface area contributed by atoms with Gasteiger partial charge in [-0.2, -0.15) is 12.6 Å². The van der Waals surface area contributed by atoms with E-state index in [1.807, 2.05) is 0 Å². The lowest BCUT2D eigenvalue weighted by atomic mass is 10.2. The summed E-state index contributed by atoms with van der Waals surface area (Å²) < 4.78 is 20.4. The minimum absolute atomic E-state index is 0.0237. The average molecular weight is 479 g/mol. The molecule has 2 N–H and O–H groups in total. The molecule has 0 aromatic rings. The number of nitrogens with one attached hydrogen (secondary N) is 2. The molecule has 0 aliphatic heterocycles. The van der Waals surface area contributed by atoms with E-state index in [4.69, 9.17) is 18.9 Å². The Kier molecular flexibility index (Phi) is 21.1. The Labute approximate surface area is 195 Å². The molecule has 10 nitrogen and oxygen atoms in total. The van der Waals surface area contributed by atoms with Gasteiger partial charge in [-0.3, -0.25) is 19.2 Å². The van der Waals surface area contributed by atoms with E-state index < -0.39 is 5.97 Å². The number of unbranched alkanes of at least 4 members (excludes halogenated alkanes) is 2. The molecule has 0 saturated carbocycles. The van der Waals surface area contributed by atoms with Crippen LogP contribution in [-0.2, 0) is 38.1 Å². The van der Waals surface area contributed by atoms with E-state index >= 15 is 0 Å². The second kappa shape index (κ2) is 22.3. The van der Waals surface area contributed by atoms with Crippen LogP contribution in [0.1, 0.15) is 51.9 Å². The smallest absolute Gasteiger partial charge is 0.306 e. The summed E-state index contributed by atoms with van der Waals surface area (Å²) in [7, 11) is 0. The molecule has 0 aromatic heterocycles. The maximum atomic E-state index is 11.7. The number of hydrogen-bond donors (Lipinski definition) is 3. The lowest BCUT2D eigenvalue weighted by molar-refractivity contribution is -0.145. The van der Waals surface area contributed by atoms with Crippen molar-refractivity contribution in [3.8, 4) is 0 Å². The molecule has 0 aliphatic carbocycles. The van der Waals surface area contributed by atoms with Crippen LogP contribution in [0.2, 0.25) is 0 Å². The van der Waals surface area contributed by atoms with Crippen molar-refractivity contribution in [1.82, 2.24) is 10.6 Å². The van der Waals surface area contributed by atoms with Gasteiger partial charge in [0, 0.05) is 25.8 Å². The van der Waals surface area contributed by atoms with Gasteiger partial charge in [0.2, 0.25) is 11.8 Å². The molecule has 0 aliphatic rings. The molecule has 2 amide bonds. The molecule has 0 rings (SSSR count). The molecule has 32 heavy (non-hydrogen) atoms. The topological polar surface area (TPSA) is 129 Å². The van der Waals surface area contributed by atoms with E-state index in [1.54, 1.807) is 6.92 Å². The maximum absolute atomic E-state index is 11.7. The van der Waals surface area contributed by atoms with Crippen LogP contribution in [0.15, 0.2) is 0 Å². The molecule has 0 heterocycles. The monoisotopic (exact) mass is 478 g/mol. The number of rotatable bonds is 21. The van der Waals surface area contributed by atoms with E-state index in [1.165, 1.54) is 0 Å². The van der Waals surface area contributed by atoms with E-state index in [-0.39, 0.29) is 50.4 Å². The van der Waals surface area contributed by atoms with Gasteiger partial charge in [-0.25, -0.2) is 0 Å². The van der Waals surface area contributed by atoms with E-state index in [9.17, 15) is 19.2 Å². The van der Waals surface area contributed by atoms with E-state index in [0.717, 1.165) is 25.0 Å². The summed E-state index contributed by atoms with van der Waals surface area (Å²) >= 11 is 4.12. The third-order valence-electron chi connectivity index (χ3n) is 4.03. The van der Waals surface area contributed by atoms with Crippen molar-refractivity contribution < 1.29 is 38.1 Å². The maximum Gasteiger partial charge on any atom is 0.306 e. The molecular formula is C21H38N2O8S. The fraction of sp³-hybridized carbons (Fsp3) is 0.810. The predicted molar refractivity (Wildman–Crippen MR) is 121 cm³/mol. The number of hydrogen-bond acceptors (Lipinski definition) is 9. The van der Waals surface area contributed by atoms with Crippen molar-refractivity contribution in [2.75, 3.05) is 58.5 Å². The van der Waals surface area contributed by atoms with Gasteiger partial charge < -0.3 is 29.6 Å². The molecule has 0 aromatic carbocycles. The highest BCUT2D eigenvalue weighted by Gasteiger charge is 2.08. The zero-order valence-electron chi connectivity index (χ0n) is 19.0. The fourth-order valence-electron chi connectivity index (χ4n) is 2.30. The Morgan fingerprint density at radius 2 is 1.25 bits per heavy atom. The minimum Gasteiger partial charge on any atom is -0.464 e. The highest BCUT2D eigenvalue weighted by atomic mass is 32.1. The summed E-state index contributed by atoms with van der Waals surface area (Å²) in [5.74, 6) is -0.259. The Morgan fingerprint density at radius 3 is 1.94 bits per heavy atom. The lowest BCUT2D eigenvalue weighted by Crippen LogP contribution is -2.29. The van der Waals surface area contributed by atoms with E-state index in [2.05, 4.69) is 23.3 Å². The fourth-order valence-corrected chi connectivity index (χ4v) is 2.52. The minimum atomic E-state index is -0.485. The van der Waals surface area contributed by atoms with Gasteiger partial charge in [0.15, 0.2) is 0 Å². The van der Waals surface area contributed by atoms with Gasteiger partial charge in [-0.05, 0) is 18.6 Å². The van der Waals surface area contributed by atoms with Crippen molar-refractivity contribution in [2.45, 2.75) is 51.9 Å². The largest absolute Gasteiger partial charge is 0.464 e. The Morgan fingerprint density at radius 1 is 0.656 bits per heavy atom. The van der Waals surface area contributed by atoms with Crippen molar-refractivity contribution >= 4 is 36.4 Å². The quantitative estimate of drug-likeness (QED) is 0.127. The Bertz CT molecular complexity index is 534. The predicted octanol–water partition coefficient (Wildman–Crippen LogP) is 1.02. The van der Waals surface area contributed by atoms with Crippen molar-refractivity contribution in [2.24, 2.45) is 0 Å². The number of carbonyl (C=O) groups excluding carboxylic acids is 4. The average Bonchev–Trinajstić information content (AvgIpc) is 2.79. The summed E-state index contributed by atoms with van der Waals surface area (Å²) in [6.45, 7) is 3.95. The second-order valence-corrected chi connectivity index (χ2v) is 7.20. The number of amides is 2. The lowest BCUT2D eigenvalue weighted by Gasteiger charge is -2.08. The first-order valence-corrected chi connectivity index (χ1v) is 11.7. The van der Waals surface area contributed by atoms with Gasteiger partial charge in [0.1, 0.15) is 13.2 Å². The molecule has 0 atom stereocenters. The normalized spacial score (nSPS) is 10.4. The summed E-state index contributed by atoms with van der Waals surface area (Å²) in [4.78, 5) is 45.8. The molecule has 186 valence electrons. The molecule has 0 bridgehead atoms. The van der Waals surface area contributed by atoms with Crippen molar-refractivity contribution in [3.63, 3.8) is 0 Å². The van der Waals surface area contributed by atoms with Crippen LogP contribution >= 0.6 is 12.6 Å². The molecule has 0 saturated heterocycles. The Balaban J connectivity index is 3.44. The van der Waals surface area contributed by atoms with Crippen LogP contribution in [0.4, 0.5) is 0 Å². The zero-order chi connectivity index (χ0) is 23.9. The molecule has 0 spiro atoms. The van der Waals surface area contributed by atoms with Crippen LogP contribution in [0.25, 0.3) is 0 Å². The van der Waals surface area contributed by atoms with Crippen LogP contribution < -0.4 is 10.6 Å². The molecule has 0 unspecified atom stereocenters. The zero-order valence-corrected chi connectivity index (χ0v) is 19.9. The van der Waals surface area contributed by atoms with Crippen LogP contribution in [0, 0.1) is 0 Å². The molecule has 0 radical (unpaired) electrons. The van der Waals surface area contributed by atoms with Gasteiger partial charge in [-0.1, -0.05) is 13.3 Å². The highest BCUT2D eigenvalue weighted by Crippen LogP contribution is 2.00. The van der Waals surface area contributed by atoms with Crippen LogP contribution in [0.5, 0.6) is 0 Å². The van der Waals surface area contributed by atoms with Crippen molar-refractivity contribution in [1.29, 1.82) is 0 Å². The van der Waals surface area contributed by atoms with Gasteiger partial charge >= 0.3 is 11.9 Å². The third kappa shape index (κ3) is 21.4. The second-order valence-electron chi connectivity index (χ2n) is 6.75. The first-order valence-electron chi connectivity index (χ1n) is 11.1. The van der Waals surface area contributed by atoms with Crippen molar-refractivity contribution in [3.05, 3.63) is 0 Å². The summed E-state index contributed by atoms with van der Waals surface area (Å²) in [5, 5.41) is 5.34. The van der Waals surface area contributed by atoms with E-state index in [0.29, 0.717) is 45.8 Å². The first kappa shape index (κ1) is 30.1. The van der Waals surface area contributed by atoms with Crippen LogP contribution in [-0.4, -0.2) is 82.2 Å². The SMILES string of the molecule is CCC(=O)OCCOCCOCCNC(=O)CCC(=O)OCCNC(=O)CCCCCS. The standard InChI is InChI=1S/C21H38N2O8S/c1-2-20(26)31-16-15-29-14-13-28-11-9-22-19(25)7-8-21(27)30-12-10-23-18(24)6-4-3-5-17-32/h32H,2-17H2,1H3,(H,22,25)(H,23,24). The summed E-state index contributed by atoms with van der Waals surface area (Å²) in [6, 6.07) is 0. The number of ether oxygens (including phenoxy) is 4. The highest BCUT2D eigenvalue weighted by molar-refractivity contribution is 7.80. The summed E-state index contributed by atoms with van der Waals surface area (Å²) in [5.41, 5.74) is 0. The molecule has 0 fully saturated rings. The first-order chi connectivity index (χ1) is 15.5. The van der Waals surface area contributed by atoms with Gasteiger partial charge in [0.05, 0.1) is 39.4 Å². The summed E-state index contributed by atoms with van der Waals surface area (Å²) in [6.07, 6.45) is 3.56. The number of carbonyl (C=O) groups is 4. The third-order valence-corrected chi connectivity index (χ3v) is 4.34. The van der Waals surface area contributed by atoms with Crippen LogP contribution in [0.3, 0.4) is 0 Å². The number of thiol groups is 1.